The van der Waals surface area contributed by atoms with Crippen LogP contribution >= 0.6 is 54.5 Å². The van der Waals surface area contributed by atoms with Crippen LogP contribution in [0.15, 0.2) is 130 Å². The molecule has 0 saturated heterocycles. The average Bonchev–Trinajstić information content (AvgIpc) is 1.50. The van der Waals surface area contributed by atoms with Crippen LogP contribution in [0.1, 0.15) is 204 Å². The zero-order chi connectivity index (χ0) is 80.0. The molecule has 0 N–H and O–H groups in total. The van der Waals surface area contributed by atoms with Crippen LogP contribution in [0.5, 0.6) is 11.5 Å². The zero-order valence-corrected chi connectivity index (χ0v) is 76.7. The first-order valence-corrected chi connectivity index (χ1v) is 63.2. The minimum absolute atomic E-state index is 0.0952. The molecule has 21 heteroatoms. The molecule has 2 unspecified atom stereocenters. The molecule has 7 aromatic carbocycles. The summed E-state index contributed by atoms with van der Waals surface area (Å²) in [5.41, 5.74) is 2.04. The molecule has 0 aliphatic rings. The number of hydrogen-bond donors (Lipinski definition) is 0. The Morgan fingerprint density at radius 3 is 0.892 bits per heavy atom. The molecular formula is C90H107Br2F9N4O2S2Sn2. The summed E-state index contributed by atoms with van der Waals surface area (Å²) < 4.78 is 143. The van der Waals surface area contributed by atoms with E-state index in [1.807, 2.05) is 31.2 Å². The predicted octanol–water partition coefficient (Wildman–Crippen LogP) is 30.9. The summed E-state index contributed by atoms with van der Waals surface area (Å²) in [6, 6.07) is 29.0. The zero-order valence-electron chi connectivity index (χ0n) is 66.2. The molecule has 0 aliphatic heterocycles. The first-order valence-electron chi connectivity index (χ1n) is 40.0. The van der Waals surface area contributed by atoms with Gasteiger partial charge in [0.2, 0.25) is 0 Å². The third kappa shape index (κ3) is 23.2. The van der Waals surface area contributed by atoms with Crippen molar-refractivity contribution in [1.82, 2.24) is 19.9 Å². The Morgan fingerprint density at radius 1 is 0.351 bits per heavy atom. The van der Waals surface area contributed by atoms with Crippen LogP contribution < -0.4 is 15.3 Å². The maximum absolute atomic E-state index is 13.5. The molecule has 0 saturated carbocycles. The number of unbranched alkanes of at least 4 members (excludes halogenated alkanes) is 16. The topological polar surface area (TPSA) is 70.0 Å². The van der Waals surface area contributed by atoms with Crippen molar-refractivity contribution >= 4 is 150 Å². The molecule has 0 bridgehead atoms. The van der Waals surface area contributed by atoms with Crippen molar-refractivity contribution in [3.8, 4) is 56.5 Å². The summed E-state index contributed by atoms with van der Waals surface area (Å²) in [5, 5.41) is 3.70. The molecular weight excluding hydrogens is 1800 g/mol. The van der Waals surface area contributed by atoms with Gasteiger partial charge in [-0.1, -0.05) is 120 Å². The number of ether oxygens (including phenoxy) is 2. The number of aryl methyl sites for hydroxylation is 1. The van der Waals surface area contributed by atoms with Crippen molar-refractivity contribution < 1.29 is 49.0 Å². The van der Waals surface area contributed by atoms with E-state index in [4.69, 9.17) is 29.4 Å². The molecule has 6 nitrogen and oxygen atoms in total. The van der Waals surface area contributed by atoms with Gasteiger partial charge in [-0.2, -0.15) is 39.5 Å². The number of benzene rings is 7. The molecule has 11 aromatic rings. The standard InChI is InChI=1S/C42H21Br2F9N4.C42H68O2S2.6CH3.2Sn/c1-20-2-4-21(5-3-20)34-32(22-6-12-25(13-7-22)40(45,46)47)54-36-28-19-31(44)39-37(29(28)18-30(43)38(36)56-34)55-33(23-8-14-26(15-9-23)41(48,49)50)35(57-39)24-10-16-27(17-11-24)42(51,52)53;1-5-9-13-17-19-23-27-35(25-21-15-11-7-3)33-43-39-37-29-31-46-42(37)40(38-30-32-45-41(38)39)44-34-36(26-22-16-12-8-4)28-24-20-18-14-10-6-2;;;;;;;;/h2-19H,1H3;29-30,35-36H,5-28,33-34H2,1-4H3;6*1H3;;. The van der Waals surface area contributed by atoms with Crippen LogP contribution in [-0.2, 0) is 18.5 Å². The molecule has 0 amide bonds. The van der Waals surface area contributed by atoms with Crippen LogP contribution in [0, 0.1) is 18.8 Å². The summed E-state index contributed by atoms with van der Waals surface area (Å²) in [4.78, 5) is 35.3. The van der Waals surface area contributed by atoms with Crippen molar-refractivity contribution in [2.75, 3.05) is 13.2 Å². The molecule has 4 heterocycles. The second-order valence-electron chi connectivity index (χ2n) is 32.2. The minimum atomic E-state index is -4.63. The molecule has 0 spiro atoms. The predicted molar refractivity (Wildman–Crippen MR) is 462 cm³/mol. The molecule has 4 aromatic heterocycles. The maximum atomic E-state index is 13.5. The number of fused-ring (bicyclic) bond motifs is 7. The van der Waals surface area contributed by atoms with Gasteiger partial charge < -0.3 is 0 Å². The number of rotatable bonds is 36. The molecule has 596 valence electrons. The Bertz CT molecular complexity index is 4720. The van der Waals surface area contributed by atoms with E-state index in [0.717, 1.165) is 55.2 Å². The number of hydrogen-bond acceptors (Lipinski definition) is 8. The SMILES string of the molecule is CCCCCCCCC(CCCCCC)COc1c2c[c]([Sn]([CH3])([CH3])[CH3])sc2c(OCC(CCCCCC)CCCCCCCC)c2c[c]([Sn]([CH3])([CH3])[CH3])sc12.Cc1ccc(-c2nc3c(Br)cc4c(cc(Br)c5nc(-c6ccc(C(F)(F)F)cc6)c(-c6ccc(C(F)(F)F)cc6)nc54)c3nc2-c2ccc(C(F)(F)F)cc2)cc1. The molecule has 0 aliphatic carbocycles. The summed E-state index contributed by atoms with van der Waals surface area (Å²) in [5.74, 6) is 3.68. The summed E-state index contributed by atoms with van der Waals surface area (Å²) in [7, 11) is 0. The van der Waals surface area contributed by atoms with Crippen LogP contribution in [0.2, 0.25) is 29.6 Å². The second kappa shape index (κ2) is 39.7. The van der Waals surface area contributed by atoms with Crippen molar-refractivity contribution in [1.29, 1.82) is 0 Å². The minimum Gasteiger partial charge on any atom is -0.243 e. The van der Waals surface area contributed by atoms with Crippen LogP contribution in [0.25, 0.3) is 98.0 Å². The van der Waals surface area contributed by atoms with Crippen molar-refractivity contribution in [2.45, 2.75) is 237 Å². The first kappa shape index (κ1) is 88.3. The summed E-state index contributed by atoms with van der Waals surface area (Å²) in [6.45, 7) is 12.9. The van der Waals surface area contributed by atoms with Gasteiger partial charge in [0.05, 0.1) is 50.5 Å². The third-order valence-corrected chi connectivity index (χ3v) is 43.3. The van der Waals surface area contributed by atoms with Crippen molar-refractivity contribution in [3.05, 3.63) is 153 Å². The normalized spacial score (nSPS) is 13.1. The Morgan fingerprint density at radius 2 is 0.613 bits per heavy atom. The van der Waals surface area contributed by atoms with Crippen molar-refractivity contribution in [3.63, 3.8) is 0 Å². The van der Waals surface area contributed by atoms with E-state index < -0.39 is 72.0 Å². The smallest absolute Gasteiger partial charge is 0.243 e. The van der Waals surface area contributed by atoms with Gasteiger partial charge >= 0.3 is 320 Å². The van der Waals surface area contributed by atoms with E-state index in [1.54, 1.807) is 17.9 Å². The Hall–Kier alpha value is -5.07. The fraction of sp³-hybridized carbons (Fsp3) is 0.467. The number of aromatic nitrogens is 4. The van der Waals surface area contributed by atoms with E-state index in [-0.39, 0.29) is 33.5 Å². The molecule has 0 radical (unpaired) electrons. The van der Waals surface area contributed by atoms with E-state index >= 15 is 0 Å². The Labute approximate surface area is 683 Å². The monoisotopic (exact) mass is 1910 g/mol. The van der Waals surface area contributed by atoms with Gasteiger partial charge in [-0.25, -0.2) is 19.9 Å². The molecule has 0 fully saturated rings. The largest absolute Gasteiger partial charge is 0.416 e. The summed E-state index contributed by atoms with van der Waals surface area (Å²) in [6.07, 6.45) is 18.7. The second-order valence-corrected chi connectivity index (χ2v) is 66.8. The molecule has 111 heavy (non-hydrogen) atoms. The van der Waals surface area contributed by atoms with Gasteiger partial charge in [-0.05, 0) is 87.3 Å². The van der Waals surface area contributed by atoms with Crippen LogP contribution in [0.3, 0.4) is 0 Å². The average molecular weight is 1910 g/mol. The van der Waals surface area contributed by atoms with Crippen molar-refractivity contribution in [2.24, 2.45) is 11.8 Å². The Kier molecular flexibility index (Phi) is 31.6. The number of halogens is 11. The van der Waals surface area contributed by atoms with Gasteiger partial charge in [0.15, 0.2) is 0 Å². The first-order chi connectivity index (χ1) is 52.8. The van der Waals surface area contributed by atoms with E-state index in [9.17, 15) is 39.5 Å². The number of alkyl halides is 9. The van der Waals surface area contributed by atoms with Crippen LogP contribution in [0.4, 0.5) is 39.5 Å². The van der Waals surface area contributed by atoms with Gasteiger partial charge in [-0.15, -0.1) is 0 Å². The fourth-order valence-electron chi connectivity index (χ4n) is 14.4. The number of thiophene rings is 2. The van der Waals surface area contributed by atoms with Gasteiger partial charge in [-0.3, -0.25) is 0 Å². The molecule has 11 rings (SSSR count). The summed E-state index contributed by atoms with van der Waals surface area (Å²) >= 11 is 6.61. The maximum Gasteiger partial charge on any atom is 0.416 e. The van der Waals surface area contributed by atoms with Gasteiger partial charge in [0.25, 0.3) is 0 Å². The number of nitrogens with zero attached hydrogens (tertiary/aromatic N) is 4. The van der Waals surface area contributed by atoms with E-state index in [1.165, 1.54) is 222 Å². The Balaban J connectivity index is 0.000000236. The van der Waals surface area contributed by atoms with Gasteiger partial charge in [0, 0.05) is 42.0 Å². The van der Waals surface area contributed by atoms with Crippen LogP contribution in [-0.4, -0.2) is 69.9 Å². The quantitative estimate of drug-likeness (QED) is 0.0169. The van der Waals surface area contributed by atoms with Gasteiger partial charge in [0.1, 0.15) is 11.0 Å². The fourth-order valence-corrected chi connectivity index (χ4v) is 28.1. The van der Waals surface area contributed by atoms with E-state index in [0.29, 0.717) is 65.1 Å². The molecule has 2 atom stereocenters. The van der Waals surface area contributed by atoms with E-state index in [2.05, 4.69) is 124 Å². The third-order valence-electron chi connectivity index (χ3n) is 21.0.